The van der Waals surface area contributed by atoms with Crippen LogP contribution in [0.3, 0.4) is 0 Å². The van der Waals surface area contributed by atoms with E-state index in [1.54, 1.807) is 18.0 Å². The number of nitrogens with one attached hydrogen (secondary N) is 2. The van der Waals surface area contributed by atoms with Gasteiger partial charge in [-0.2, -0.15) is 5.10 Å². The van der Waals surface area contributed by atoms with Crippen LogP contribution in [-0.4, -0.2) is 50.5 Å². The van der Waals surface area contributed by atoms with Gasteiger partial charge in [-0.15, -0.1) is 0 Å². The number of ether oxygens (including phenoxy) is 1. The highest BCUT2D eigenvalue weighted by Gasteiger charge is 2.22. The van der Waals surface area contributed by atoms with Gasteiger partial charge in [0.25, 0.3) is 0 Å². The van der Waals surface area contributed by atoms with Crippen LogP contribution in [-0.2, 0) is 21.3 Å². The van der Waals surface area contributed by atoms with E-state index in [2.05, 4.69) is 15.1 Å². The highest BCUT2D eigenvalue weighted by molar-refractivity contribution is 7.89. The maximum Gasteiger partial charge on any atom is 0.243 e. The number of sulfonamides is 1. The molecule has 0 radical (unpaired) electrons. The lowest BCUT2D eigenvalue weighted by Gasteiger charge is -2.22. The van der Waals surface area contributed by atoms with Crippen molar-refractivity contribution < 1.29 is 13.2 Å². The molecule has 1 rings (SSSR count). The Labute approximate surface area is 127 Å². The number of aryl methyl sites for hydroxylation is 1. The maximum atomic E-state index is 12.2. The van der Waals surface area contributed by atoms with Gasteiger partial charge in [0.05, 0.1) is 11.8 Å². The van der Waals surface area contributed by atoms with Crippen molar-refractivity contribution in [3.05, 3.63) is 12.4 Å². The van der Waals surface area contributed by atoms with Gasteiger partial charge in [0.1, 0.15) is 4.90 Å². The summed E-state index contributed by atoms with van der Waals surface area (Å²) in [6.07, 6.45) is 3.82. The summed E-state index contributed by atoms with van der Waals surface area (Å²) in [5, 5.41) is 7.30. The number of methoxy groups -OCH3 is 1. The van der Waals surface area contributed by atoms with Crippen molar-refractivity contribution in [2.24, 2.45) is 0 Å². The summed E-state index contributed by atoms with van der Waals surface area (Å²) in [6, 6.07) is 0. The number of hydrogen-bond donors (Lipinski definition) is 2. The van der Waals surface area contributed by atoms with Crippen LogP contribution in [0.25, 0.3) is 0 Å². The predicted octanol–water partition coefficient (Wildman–Crippen LogP) is 0.586. The monoisotopic (exact) mass is 318 g/mol. The van der Waals surface area contributed by atoms with Gasteiger partial charge in [-0.05, 0) is 33.4 Å². The average molecular weight is 318 g/mol. The van der Waals surface area contributed by atoms with E-state index in [4.69, 9.17) is 4.74 Å². The van der Waals surface area contributed by atoms with Crippen LogP contribution in [0.4, 0.5) is 0 Å². The largest absolute Gasteiger partial charge is 0.377 e. The average Bonchev–Trinajstić information content (AvgIpc) is 2.91. The zero-order valence-electron chi connectivity index (χ0n) is 13.2. The van der Waals surface area contributed by atoms with Crippen LogP contribution in [0.1, 0.15) is 27.2 Å². The van der Waals surface area contributed by atoms with E-state index >= 15 is 0 Å². The molecule has 0 unspecified atom stereocenters. The Hall–Kier alpha value is -0.960. The summed E-state index contributed by atoms with van der Waals surface area (Å²) in [5.41, 5.74) is -0.547. The summed E-state index contributed by atoms with van der Waals surface area (Å²) in [6.45, 7) is 8.39. The molecule has 0 aliphatic heterocycles. The van der Waals surface area contributed by atoms with Gasteiger partial charge in [0, 0.05) is 26.4 Å². The van der Waals surface area contributed by atoms with Crippen molar-refractivity contribution in [3.8, 4) is 0 Å². The normalized spacial score (nSPS) is 12.8. The third-order valence-corrected chi connectivity index (χ3v) is 4.51. The Bertz CT molecular complexity index is 525. The van der Waals surface area contributed by atoms with Crippen molar-refractivity contribution in [2.75, 3.05) is 26.7 Å². The zero-order chi connectivity index (χ0) is 15.9. The predicted molar refractivity (Wildman–Crippen MR) is 81.7 cm³/mol. The fourth-order valence-corrected chi connectivity index (χ4v) is 2.72. The van der Waals surface area contributed by atoms with E-state index < -0.39 is 15.6 Å². The van der Waals surface area contributed by atoms with Crippen LogP contribution in [0.15, 0.2) is 17.3 Å². The molecule has 7 nitrogen and oxygen atoms in total. The minimum Gasteiger partial charge on any atom is -0.377 e. The molecule has 122 valence electrons. The first-order valence-corrected chi connectivity index (χ1v) is 8.57. The molecule has 0 aromatic carbocycles. The summed E-state index contributed by atoms with van der Waals surface area (Å²) in [5.74, 6) is 0. The molecule has 0 spiro atoms. The Morgan fingerprint density at radius 3 is 2.76 bits per heavy atom. The van der Waals surface area contributed by atoms with E-state index in [1.165, 1.54) is 6.20 Å². The summed E-state index contributed by atoms with van der Waals surface area (Å²) in [7, 11) is -1.99. The summed E-state index contributed by atoms with van der Waals surface area (Å²) < 4.78 is 33.7. The molecule has 1 aromatic heterocycles. The van der Waals surface area contributed by atoms with Crippen LogP contribution >= 0.6 is 0 Å². The Morgan fingerprint density at radius 2 is 2.14 bits per heavy atom. The van der Waals surface area contributed by atoms with Gasteiger partial charge >= 0.3 is 0 Å². The van der Waals surface area contributed by atoms with Crippen molar-refractivity contribution in [2.45, 2.75) is 44.2 Å². The molecule has 0 aliphatic rings. The number of nitrogens with zero attached hydrogens (tertiary/aromatic N) is 2. The molecule has 0 atom stereocenters. The molecular weight excluding hydrogens is 292 g/mol. The zero-order valence-corrected chi connectivity index (χ0v) is 14.0. The summed E-state index contributed by atoms with van der Waals surface area (Å²) >= 11 is 0. The lowest BCUT2D eigenvalue weighted by Crippen LogP contribution is -2.39. The fraction of sp³-hybridized carbons (Fsp3) is 0.769. The Balaban J connectivity index is 2.58. The van der Waals surface area contributed by atoms with Gasteiger partial charge in [-0.25, -0.2) is 13.1 Å². The molecule has 21 heavy (non-hydrogen) atoms. The SMILES string of the molecule is CCNCCCn1cc(S(=O)(=O)NCC(C)(C)OC)cn1. The summed E-state index contributed by atoms with van der Waals surface area (Å²) in [4.78, 5) is 0.179. The second kappa shape index (κ2) is 7.88. The molecule has 0 fully saturated rings. The molecule has 8 heteroatoms. The first-order valence-electron chi connectivity index (χ1n) is 7.09. The van der Waals surface area contributed by atoms with E-state index in [-0.39, 0.29) is 11.4 Å². The third-order valence-electron chi connectivity index (χ3n) is 3.15. The third kappa shape index (κ3) is 6.13. The quantitative estimate of drug-likeness (QED) is 0.617. The highest BCUT2D eigenvalue weighted by Crippen LogP contribution is 2.10. The van der Waals surface area contributed by atoms with Crippen LogP contribution in [0, 0.1) is 0 Å². The topological polar surface area (TPSA) is 85.2 Å². The van der Waals surface area contributed by atoms with Crippen molar-refractivity contribution in [3.63, 3.8) is 0 Å². The smallest absolute Gasteiger partial charge is 0.243 e. The molecule has 0 saturated carbocycles. The van der Waals surface area contributed by atoms with Crippen molar-refractivity contribution >= 4 is 10.0 Å². The molecule has 2 N–H and O–H groups in total. The van der Waals surface area contributed by atoms with E-state index in [1.807, 2.05) is 20.8 Å². The molecule has 0 saturated heterocycles. The first kappa shape index (κ1) is 18.1. The Kier molecular flexibility index (Phi) is 6.79. The highest BCUT2D eigenvalue weighted by atomic mass is 32.2. The van der Waals surface area contributed by atoms with Crippen LogP contribution in [0.5, 0.6) is 0 Å². The minimum absolute atomic E-state index is 0.179. The second-order valence-corrected chi connectivity index (χ2v) is 7.20. The molecule has 1 aromatic rings. The van der Waals surface area contributed by atoms with Gasteiger partial charge in [-0.1, -0.05) is 6.92 Å². The fourth-order valence-electron chi connectivity index (χ4n) is 1.57. The van der Waals surface area contributed by atoms with Crippen LogP contribution < -0.4 is 10.0 Å². The molecule has 0 bridgehead atoms. The van der Waals surface area contributed by atoms with Gasteiger partial charge in [0.15, 0.2) is 0 Å². The Morgan fingerprint density at radius 1 is 1.43 bits per heavy atom. The number of aromatic nitrogens is 2. The molecular formula is C13H26N4O3S. The molecule has 0 aliphatic carbocycles. The van der Waals surface area contributed by atoms with Crippen molar-refractivity contribution in [1.29, 1.82) is 0 Å². The van der Waals surface area contributed by atoms with E-state index in [9.17, 15) is 8.42 Å². The first-order chi connectivity index (χ1) is 9.80. The van der Waals surface area contributed by atoms with Crippen LogP contribution in [0.2, 0.25) is 0 Å². The van der Waals surface area contributed by atoms with Crippen molar-refractivity contribution in [1.82, 2.24) is 19.8 Å². The van der Waals surface area contributed by atoms with Gasteiger partial charge < -0.3 is 10.1 Å². The lowest BCUT2D eigenvalue weighted by molar-refractivity contribution is 0.0276. The lowest BCUT2D eigenvalue weighted by atomic mass is 10.1. The second-order valence-electron chi connectivity index (χ2n) is 5.43. The van der Waals surface area contributed by atoms with E-state index in [0.717, 1.165) is 19.5 Å². The number of hydrogen-bond acceptors (Lipinski definition) is 5. The molecule has 0 amide bonds. The van der Waals surface area contributed by atoms with Gasteiger partial charge in [0.2, 0.25) is 10.0 Å². The van der Waals surface area contributed by atoms with E-state index in [0.29, 0.717) is 6.54 Å². The number of rotatable bonds is 10. The standard InChI is InChI=1S/C13H26N4O3S/c1-5-14-7-6-8-17-10-12(9-15-17)21(18,19)16-11-13(2,3)20-4/h9-10,14,16H,5-8,11H2,1-4H3. The maximum absolute atomic E-state index is 12.2. The van der Waals surface area contributed by atoms with Gasteiger partial charge in [-0.3, -0.25) is 4.68 Å². The minimum atomic E-state index is -3.55. The molecule has 1 heterocycles.